The SMILES string of the molecule is COc1cc(NC(=O)NCCOc2ccccc2Cl)c(OC)cc1Cl. The minimum atomic E-state index is -0.412. The van der Waals surface area contributed by atoms with Crippen LogP contribution in [0.15, 0.2) is 36.4 Å². The Hall–Kier alpha value is -2.31. The number of para-hydroxylation sites is 1. The van der Waals surface area contributed by atoms with Gasteiger partial charge in [0.15, 0.2) is 0 Å². The number of rotatable bonds is 7. The maximum absolute atomic E-state index is 12.0. The fourth-order valence-corrected chi connectivity index (χ4v) is 2.43. The molecule has 0 saturated carbocycles. The number of hydrogen-bond donors (Lipinski definition) is 2. The molecule has 2 rings (SSSR count). The topological polar surface area (TPSA) is 68.8 Å². The van der Waals surface area contributed by atoms with Gasteiger partial charge in [0.25, 0.3) is 0 Å². The third-order valence-corrected chi connectivity index (χ3v) is 3.81. The molecule has 0 atom stereocenters. The molecule has 0 radical (unpaired) electrons. The Morgan fingerprint density at radius 3 is 2.40 bits per heavy atom. The lowest BCUT2D eigenvalue weighted by molar-refractivity contribution is 0.247. The number of carbonyl (C=O) groups excluding carboxylic acids is 1. The zero-order valence-electron chi connectivity index (χ0n) is 13.8. The molecule has 134 valence electrons. The van der Waals surface area contributed by atoms with Crippen molar-refractivity contribution in [2.45, 2.75) is 0 Å². The summed E-state index contributed by atoms with van der Waals surface area (Å²) in [5.74, 6) is 1.42. The highest BCUT2D eigenvalue weighted by Crippen LogP contribution is 2.35. The summed E-state index contributed by atoms with van der Waals surface area (Å²) in [4.78, 5) is 12.0. The molecule has 25 heavy (non-hydrogen) atoms. The zero-order valence-corrected chi connectivity index (χ0v) is 15.3. The smallest absolute Gasteiger partial charge is 0.319 e. The summed E-state index contributed by atoms with van der Waals surface area (Å²) >= 11 is 12.0. The van der Waals surface area contributed by atoms with Crippen molar-refractivity contribution in [1.29, 1.82) is 0 Å². The van der Waals surface area contributed by atoms with Crippen LogP contribution in [-0.4, -0.2) is 33.4 Å². The molecule has 0 heterocycles. The van der Waals surface area contributed by atoms with Crippen LogP contribution < -0.4 is 24.8 Å². The van der Waals surface area contributed by atoms with Crippen LogP contribution in [0.5, 0.6) is 17.2 Å². The number of nitrogens with one attached hydrogen (secondary N) is 2. The first-order valence-corrected chi connectivity index (χ1v) is 8.14. The molecule has 0 spiro atoms. The second kappa shape index (κ2) is 9.25. The highest BCUT2D eigenvalue weighted by Gasteiger charge is 2.12. The highest BCUT2D eigenvalue weighted by molar-refractivity contribution is 6.32. The van der Waals surface area contributed by atoms with E-state index < -0.39 is 6.03 Å². The van der Waals surface area contributed by atoms with E-state index in [4.69, 9.17) is 37.4 Å². The van der Waals surface area contributed by atoms with Gasteiger partial charge in [-0.3, -0.25) is 0 Å². The molecule has 0 fully saturated rings. The summed E-state index contributed by atoms with van der Waals surface area (Å²) in [6.45, 7) is 0.572. The average molecular weight is 385 g/mol. The molecule has 0 unspecified atom stereocenters. The van der Waals surface area contributed by atoms with Gasteiger partial charge in [0.2, 0.25) is 0 Å². The second-order valence-electron chi connectivity index (χ2n) is 4.85. The van der Waals surface area contributed by atoms with Crippen molar-refractivity contribution in [3.8, 4) is 17.2 Å². The number of carbonyl (C=O) groups is 1. The third kappa shape index (κ3) is 5.34. The van der Waals surface area contributed by atoms with Gasteiger partial charge in [-0.2, -0.15) is 0 Å². The molecule has 0 aliphatic heterocycles. The normalized spacial score (nSPS) is 10.1. The van der Waals surface area contributed by atoms with Crippen molar-refractivity contribution in [2.24, 2.45) is 0 Å². The summed E-state index contributed by atoms with van der Waals surface area (Å²) in [6, 6.07) is 9.86. The van der Waals surface area contributed by atoms with Crippen LogP contribution in [0.25, 0.3) is 0 Å². The monoisotopic (exact) mass is 384 g/mol. The molecule has 0 aromatic heterocycles. The molecule has 2 aromatic rings. The molecule has 2 amide bonds. The van der Waals surface area contributed by atoms with E-state index in [1.54, 1.807) is 24.3 Å². The maximum Gasteiger partial charge on any atom is 0.319 e. The summed E-state index contributed by atoms with van der Waals surface area (Å²) in [5.41, 5.74) is 0.438. The van der Waals surface area contributed by atoms with Gasteiger partial charge in [-0.05, 0) is 12.1 Å². The molecule has 6 nitrogen and oxygen atoms in total. The van der Waals surface area contributed by atoms with Crippen LogP contribution in [0.2, 0.25) is 10.0 Å². The predicted octanol–water partition coefficient (Wildman–Crippen LogP) is 4.21. The number of halogens is 2. The van der Waals surface area contributed by atoms with E-state index in [9.17, 15) is 4.79 Å². The van der Waals surface area contributed by atoms with E-state index in [1.807, 2.05) is 12.1 Å². The Labute approximate surface area is 156 Å². The lowest BCUT2D eigenvalue weighted by atomic mass is 10.2. The molecule has 0 aliphatic rings. The maximum atomic E-state index is 12.0. The van der Waals surface area contributed by atoms with Crippen molar-refractivity contribution < 1.29 is 19.0 Å². The van der Waals surface area contributed by atoms with Gasteiger partial charge in [-0.15, -0.1) is 0 Å². The van der Waals surface area contributed by atoms with Crippen molar-refractivity contribution in [3.05, 3.63) is 46.4 Å². The first-order valence-electron chi connectivity index (χ1n) is 7.39. The Balaban J connectivity index is 1.87. The van der Waals surface area contributed by atoms with Gasteiger partial charge >= 0.3 is 6.03 Å². The summed E-state index contributed by atoms with van der Waals surface area (Å²) < 4.78 is 15.8. The number of ether oxygens (including phenoxy) is 3. The first-order chi connectivity index (χ1) is 12.0. The van der Waals surface area contributed by atoms with E-state index in [0.717, 1.165) is 0 Å². The molecule has 0 bridgehead atoms. The molecule has 2 aromatic carbocycles. The van der Waals surface area contributed by atoms with Crippen LogP contribution in [-0.2, 0) is 0 Å². The van der Waals surface area contributed by atoms with Crippen LogP contribution in [0, 0.1) is 0 Å². The fraction of sp³-hybridized carbons (Fsp3) is 0.235. The lowest BCUT2D eigenvalue weighted by Crippen LogP contribution is -2.32. The van der Waals surface area contributed by atoms with Gasteiger partial charge < -0.3 is 24.8 Å². The Morgan fingerprint density at radius 1 is 1.00 bits per heavy atom. The van der Waals surface area contributed by atoms with E-state index in [-0.39, 0.29) is 6.61 Å². The summed E-state index contributed by atoms with van der Waals surface area (Å²) in [5, 5.41) is 6.26. The van der Waals surface area contributed by atoms with Crippen molar-refractivity contribution in [1.82, 2.24) is 5.32 Å². The minimum absolute atomic E-state index is 0.276. The molecule has 2 N–H and O–H groups in total. The van der Waals surface area contributed by atoms with Gasteiger partial charge in [-0.1, -0.05) is 35.3 Å². The second-order valence-corrected chi connectivity index (χ2v) is 5.66. The molecular weight excluding hydrogens is 367 g/mol. The largest absolute Gasteiger partial charge is 0.495 e. The van der Waals surface area contributed by atoms with E-state index in [0.29, 0.717) is 39.5 Å². The molecule has 0 aliphatic carbocycles. The standard InChI is InChI=1S/C17H18Cl2N2O4/c1-23-15-10-13(16(24-2)9-12(15)19)21-17(22)20-7-8-25-14-6-4-3-5-11(14)18/h3-6,9-10H,7-8H2,1-2H3,(H2,20,21,22). The van der Waals surface area contributed by atoms with Gasteiger partial charge in [0.1, 0.15) is 23.9 Å². The van der Waals surface area contributed by atoms with Crippen LogP contribution in [0.1, 0.15) is 0 Å². The number of benzene rings is 2. The highest BCUT2D eigenvalue weighted by atomic mass is 35.5. The number of anilines is 1. The first kappa shape index (κ1) is 19.0. The van der Waals surface area contributed by atoms with E-state index in [2.05, 4.69) is 10.6 Å². The Kier molecular flexibility index (Phi) is 7.03. The summed E-state index contributed by atoms with van der Waals surface area (Å²) in [6.07, 6.45) is 0. The number of amides is 2. The number of hydrogen-bond acceptors (Lipinski definition) is 4. The third-order valence-electron chi connectivity index (χ3n) is 3.20. The molecule has 0 saturated heterocycles. The summed E-state index contributed by atoms with van der Waals surface area (Å²) in [7, 11) is 2.97. The van der Waals surface area contributed by atoms with Gasteiger partial charge in [-0.25, -0.2) is 4.79 Å². The van der Waals surface area contributed by atoms with E-state index >= 15 is 0 Å². The van der Waals surface area contributed by atoms with Crippen molar-refractivity contribution >= 4 is 34.9 Å². The zero-order chi connectivity index (χ0) is 18.2. The van der Waals surface area contributed by atoms with Crippen molar-refractivity contribution in [3.63, 3.8) is 0 Å². The van der Waals surface area contributed by atoms with Crippen LogP contribution >= 0.6 is 23.2 Å². The van der Waals surface area contributed by atoms with Crippen molar-refractivity contribution in [2.75, 3.05) is 32.7 Å². The quantitative estimate of drug-likeness (QED) is 0.701. The Morgan fingerprint density at radius 2 is 1.72 bits per heavy atom. The van der Waals surface area contributed by atoms with Crippen LogP contribution in [0.3, 0.4) is 0 Å². The fourth-order valence-electron chi connectivity index (χ4n) is 2.01. The van der Waals surface area contributed by atoms with Gasteiger partial charge in [0, 0.05) is 12.1 Å². The average Bonchev–Trinajstić information content (AvgIpc) is 2.61. The minimum Gasteiger partial charge on any atom is -0.495 e. The lowest BCUT2D eigenvalue weighted by Gasteiger charge is -2.14. The van der Waals surface area contributed by atoms with Crippen LogP contribution in [0.4, 0.5) is 10.5 Å². The molecule has 8 heteroatoms. The number of methoxy groups -OCH3 is 2. The van der Waals surface area contributed by atoms with E-state index in [1.165, 1.54) is 14.2 Å². The Bertz CT molecular complexity index is 741. The van der Waals surface area contributed by atoms with Gasteiger partial charge in [0.05, 0.1) is 36.5 Å². The predicted molar refractivity (Wildman–Crippen MR) is 98.5 cm³/mol. The number of urea groups is 1. The molecular formula is C17H18Cl2N2O4.